The fraction of sp³-hybridized carbons (Fsp3) is 1.00. The van der Waals surface area contributed by atoms with E-state index in [1.807, 2.05) is 0 Å². The molecule has 2 aliphatic carbocycles. The Balaban J connectivity index is 1.54. The highest BCUT2D eigenvalue weighted by atomic mass is 16.5. The van der Waals surface area contributed by atoms with Crippen LogP contribution in [0.1, 0.15) is 64.7 Å². The number of hydrogen-bond acceptors (Lipinski definition) is 2. The quantitative estimate of drug-likeness (QED) is 0.813. The second kappa shape index (κ2) is 4.89. The maximum atomic E-state index is 5.80. The van der Waals surface area contributed by atoms with E-state index in [0.717, 1.165) is 12.6 Å². The molecular formula is C15H27NO. The van der Waals surface area contributed by atoms with Gasteiger partial charge in [0.25, 0.3) is 0 Å². The molecule has 1 saturated heterocycles. The van der Waals surface area contributed by atoms with Crippen molar-refractivity contribution in [1.29, 1.82) is 0 Å². The Bertz CT molecular complexity index is 254. The predicted octanol–water partition coefficient (Wildman–Crippen LogP) is 3.26. The molecule has 0 amide bonds. The predicted molar refractivity (Wildman–Crippen MR) is 70.1 cm³/mol. The summed E-state index contributed by atoms with van der Waals surface area (Å²) in [4.78, 5) is 0. The average Bonchev–Trinajstić information content (AvgIpc) is 2.89. The van der Waals surface area contributed by atoms with Gasteiger partial charge in [0.05, 0.1) is 6.10 Å². The molecule has 1 heterocycles. The van der Waals surface area contributed by atoms with Gasteiger partial charge in [-0.05, 0) is 50.9 Å². The third kappa shape index (κ3) is 2.26. The summed E-state index contributed by atoms with van der Waals surface area (Å²) >= 11 is 0. The monoisotopic (exact) mass is 237 g/mol. The first kappa shape index (κ1) is 12.0. The minimum Gasteiger partial charge on any atom is -0.377 e. The summed E-state index contributed by atoms with van der Waals surface area (Å²) in [6.07, 6.45) is 13.2. The van der Waals surface area contributed by atoms with Gasteiger partial charge in [0, 0.05) is 18.7 Å². The molecule has 0 aromatic carbocycles. The minimum atomic E-state index is 0.483. The summed E-state index contributed by atoms with van der Waals surface area (Å²) in [7, 11) is 0. The highest BCUT2D eigenvalue weighted by Crippen LogP contribution is 2.51. The Hall–Kier alpha value is -0.0800. The summed E-state index contributed by atoms with van der Waals surface area (Å²) in [5, 5.41) is 3.89. The lowest BCUT2D eigenvalue weighted by Gasteiger charge is -2.53. The van der Waals surface area contributed by atoms with E-state index in [2.05, 4.69) is 12.2 Å². The fourth-order valence-electron chi connectivity index (χ4n) is 4.23. The normalized spacial score (nSPS) is 37.9. The smallest absolute Gasteiger partial charge is 0.0726 e. The Morgan fingerprint density at radius 3 is 2.47 bits per heavy atom. The molecule has 0 aromatic rings. The SMILES string of the molecule is CC(NC1CCC12CCCCC2)C1CCCO1. The molecule has 1 aliphatic heterocycles. The van der Waals surface area contributed by atoms with Crippen molar-refractivity contribution in [2.24, 2.45) is 5.41 Å². The lowest BCUT2D eigenvalue weighted by atomic mass is 9.57. The van der Waals surface area contributed by atoms with Crippen LogP contribution in [0.3, 0.4) is 0 Å². The van der Waals surface area contributed by atoms with Gasteiger partial charge in [-0.3, -0.25) is 0 Å². The topological polar surface area (TPSA) is 21.3 Å². The Kier molecular flexibility index (Phi) is 3.45. The molecule has 3 fully saturated rings. The van der Waals surface area contributed by atoms with E-state index in [0.29, 0.717) is 17.6 Å². The Labute approximate surface area is 105 Å². The van der Waals surface area contributed by atoms with Gasteiger partial charge in [0.2, 0.25) is 0 Å². The number of ether oxygens (including phenoxy) is 1. The first-order valence-corrected chi connectivity index (χ1v) is 7.68. The van der Waals surface area contributed by atoms with Crippen LogP contribution in [-0.4, -0.2) is 24.8 Å². The zero-order valence-electron chi connectivity index (χ0n) is 11.2. The number of rotatable bonds is 3. The third-order valence-corrected chi connectivity index (χ3v) is 5.51. The largest absolute Gasteiger partial charge is 0.377 e. The Morgan fingerprint density at radius 1 is 1.06 bits per heavy atom. The van der Waals surface area contributed by atoms with Crippen molar-refractivity contribution in [1.82, 2.24) is 5.32 Å². The molecule has 1 spiro atoms. The maximum Gasteiger partial charge on any atom is 0.0726 e. The summed E-state index contributed by atoms with van der Waals surface area (Å²) in [6, 6.07) is 1.35. The molecule has 17 heavy (non-hydrogen) atoms. The molecule has 3 atom stereocenters. The number of nitrogens with one attached hydrogen (secondary N) is 1. The maximum absolute atomic E-state index is 5.80. The molecular weight excluding hydrogens is 210 g/mol. The summed E-state index contributed by atoms with van der Waals surface area (Å²) in [5.74, 6) is 0. The van der Waals surface area contributed by atoms with Crippen molar-refractivity contribution in [3.05, 3.63) is 0 Å². The van der Waals surface area contributed by atoms with Crippen molar-refractivity contribution < 1.29 is 4.74 Å². The van der Waals surface area contributed by atoms with Crippen LogP contribution in [0.5, 0.6) is 0 Å². The van der Waals surface area contributed by atoms with Gasteiger partial charge in [0.15, 0.2) is 0 Å². The fourth-order valence-corrected chi connectivity index (χ4v) is 4.23. The standard InChI is InChI=1S/C15H27NO/c1-12(13-6-5-11-17-13)16-14-7-10-15(14)8-3-2-4-9-15/h12-14,16H,2-11H2,1H3. The van der Waals surface area contributed by atoms with Gasteiger partial charge >= 0.3 is 0 Å². The van der Waals surface area contributed by atoms with Crippen LogP contribution < -0.4 is 5.32 Å². The second-order valence-electron chi connectivity index (χ2n) is 6.52. The first-order valence-electron chi connectivity index (χ1n) is 7.68. The van der Waals surface area contributed by atoms with Crippen LogP contribution in [0, 0.1) is 5.41 Å². The first-order chi connectivity index (χ1) is 8.30. The highest BCUT2D eigenvalue weighted by molar-refractivity contribution is 5.02. The molecule has 3 rings (SSSR count). The van der Waals surface area contributed by atoms with Gasteiger partial charge < -0.3 is 10.1 Å². The van der Waals surface area contributed by atoms with Crippen LogP contribution in [0.2, 0.25) is 0 Å². The molecule has 0 aromatic heterocycles. The molecule has 0 radical (unpaired) electrons. The van der Waals surface area contributed by atoms with Crippen LogP contribution in [0.4, 0.5) is 0 Å². The molecule has 3 unspecified atom stereocenters. The highest BCUT2D eigenvalue weighted by Gasteiger charge is 2.47. The average molecular weight is 237 g/mol. The molecule has 2 saturated carbocycles. The summed E-state index contributed by atoms with van der Waals surface area (Å²) in [5.41, 5.74) is 0.686. The van der Waals surface area contributed by atoms with Crippen molar-refractivity contribution in [3.8, 4) is 0 Å². The molecule has 1 N–H and O–H groups in total. The van der Waals surface area contributed by atoms with Crippen molar-refractivity contribution in [3.63, 3.8) is 0 Å². The third-order valence-electron chi connectivity index (χ3n) is 5.51. The van der Waals surface area contributed by atoms with Gasteiger partial charge in [-0.15, -0.1) is 0 Å². The van der Waals surface area contributed by atoms with Crippen LogP contribution in [0.25, 0.3) is 0 Å². The van der Waals surface area contributed by atoms with Crippen molar-refractivity contribution >= 4 is 0 Å². The zero-order chi connectivity index (χ0) is 11.7. The van der Waals surface area contributed by atoms with E-state index in [4.69, 9.17) is 4.74 Å². The molecule has 2 nitrogen and oxygen atoms in total. The van der Waals surface area contributed by atoms with Gasteiger partial charge in [0.1, 0.15) is 0 Å². The van der Waals surface area contributed by atoms with Crippen LogP contribution in [0.15, 0.2) is 0 Å². The molecule has 3 aliphatic rings. The van der Waals surface area contributed by atoms with Crippen LogP contribution in [-0.2, 0) is 4.74 Å². The molecule has 0 bridgehead atoms. The van der Waals surface area contributed by atoms with Gasteiger partial charge in [-0.2, -0.15) is 0 Å². The van der Waals surface area contributed by atoms with Crippen molar-refractivity contribution in [2.45, 2.75) is 82.9 Å². The minimum absolute atomic E-state index is 0.483. The van der Waals surface area contributed by atoms with Gasteiger partial charge in [-0.25, -0.2) is 0 Å². The van der Waals surface area contributed by atoms with Crippen molar-refractivity contribution in [2.75, 3.05) is 6.61 Å². The van der Waals surface area contributed by atoms with Crippen LogP contribution >= 0.6 is 0 Å². The molecule has 98 valence electrons. The van der Waals surface area contributed by atoms with Gasteiger partial charge in [-0.1, -0.05) is 19.3 Å². The zero-order valence-corrected chi connectivity index (χ0v) is 11.2. The van der Waals surface area contributed by atoms with E-state index < -0.39 is 0 Å². The Morgan fingerprint density at radius 2 is 1.88 bits per heavy atom. The van der Waals surface area contributed by atoms with E-state index in [9.17, 15) is 0 Å². The van der Waals surface area contributed by atoms with E-state index in [1.165, 1.54) is 57.8 Å². The summed E-state index contributed by atoms with van der Waals surface area (Å²) < 4.78 is 5.80. The summed E-state index contributed by atoms with van der Waals surface area (Å²) in [6.45, 7) is 3.30. The lowest BCUT2D eigenvalue weighted by molar-refractivity contribution is -0.000864. The molecule has 2 heteroatoms. The van der Waals surface area contributed by atoms with E-state index >= 15 is 0 Å². The van der Waals surface area contributed by atoms with E-state index in [1.54, 1.807) is 0 Å². The second-order valence-corrected chi connectivity index (χ2v) is 6.52. The lowest BCUT2D eigenvalue weighted by Crippen LogP contribution is -2.58. The van der Waals surface area contributed by atoms with E-state index in [-0.39, 0.29) is 0 Å². The number of hydrogen-bond donors (Lipinski definition) is 1.